The van der Waals surface area contributed by atoms with Crippen LogP contribution in [0.5, 0.6) is 0 Å². The second-order valence-electron chi connectivity index (χ2n) is 27.0. The first-order chi connectivity index (χ1) is 50.7. The van der Waals surface area contributed by atoms with Crippen molar-refractivity contribution >= 4 is 147 Å². The molecule has 11 rings (SSSR count). The van der Waals surface area contributed by atoms with Gasteiger partial charge >= 0.3 is 31.5 Å². The van der Waals surface area contributed by atoms with Crippen LogP contribution < -0.4 is 48.5 Å². The molecule has 3 aromatic heterocycles. The summed E-state index contributed by atoms with van der Waals surface area (Å²) in [7, 11) is -5.63. The summed E-state index contributed by atoms with van der Waals surface area (Å²) in [6.45, 7) is 29.4. The molecule has 3 aliphatic carbocycles. The Kier molecular flexibility index (Phi) is 39.5. The number of rotatable bonds is 19. The molecule has 3 saturated heterocycles. The molecule has 110 heavy (non-hydrogen) atoms. The van der Waals surface area contributed by atoms with Crippen LogP contribution >= 0.6 is 47.4 Å². The number of alkyl halides is 6. The summed E-state index contributed by atoms with van der Waals surface area (Å²) in [5, 5.41) is 5.49. The van der Waals surface area contributed by atoms with Gasteiger partial charge in [0.2, 0.25) is 29.1 Å². The third kappa shape index (κ3) is 35.8. The van der Waals surface area contributed by atoms with Gasteiger partial charge in [0.15, 0.2) is 0 Å². The van der Waals surface area contributed by atoms with Gasteiger partial charge in [-0.3, -0.25) is 9.44 Å². The number of nitrogens with two attached hydrogens (primary N) is 4. The highest BCUT2D eigenvalue weighted by molar-refractivity contribution is 8.14. The zero-order chi connectivity index (χ0) is 82.0. The van der Waals surface area contributed by atoms with E-state index in [0.29, 0.717) is 89.3 Å². The first-order valence-corrected chi connectivity index (χ1v) is 41.8. The highest BCUT2D eigenvalue weighted by Crippen LogP contribution is 2.39. The molecule has 2 aromatic carbocycles. The minimum Gasteiger partial charge on any atom is -0.399 e. The van der Waals surface area contributed by atoms with E-state index in [1.54, 1.807) is 42.5 Å². The van der Waals surface area contributed by atoms with Crippen molar-refractivity contribution in [3.05, 3.63) is 94.0 Å². The van der Waals surface area contributed by atoms with Gasteiger partial charge < -0.3 is 66.9 Å². The number of nitrogens with zero attached hydrogens (tertiary/aromatic N) is 5. The van der Waals surface area contributed by atoms with Crippen molar-refractivity contribution in [1.82, 2.24) is 24.8 Å². The number of pyridine rings is 3. The molecular formula is C70H107BCl3F6N13O13S4. The Morgan fingerprint density at radius 2 is 0.891 bits per heavy atom. The quantitative estimate of drug-likeness (QED) is 0.0216. The van der Waals surface area contributed by atoms with Gasteiger partial charge in [0.25, 0.3) is 0 Å². The number of nitrogen functional groups attached to an aromatic ring is 4. The standard InChI is InChI=1S/C22H26F3N5O3S.C20H28BF3N2O3.C8H10ClN3O2S.C5H6ClN3.3C4H10O.C3H5ClO2S.H2S/c1-13-2-3-16(27-21(31)30-7-6-14(12-30)11-22(23,24)25)10-18(13)15-8-19(26)28-20(9-15)29-34(32,33)17-4-5-17;1-13-6-7-15(10-16(13)21-28-18(2,3)19(4,5)29-21)25-17(27)26-9-8-14(12-26)11-20(22,23)24;9-5-3-7(10)11-8(4-5)12-15(13,14)6-1-2-6;6-3-1-4(7)9-5(8)2-3;3*1-3-5-4-2;4-7(5,6)3-1-2-3;/h2-3,8-10,14,17H,4-7,11-12H2,1H3,(H,27,31)(H3,26,28,29);6-7,10,14H,8-9,11-12H2,1-5H3,(H,25,27);3-4,6H,1-2H2,(H3,10,11,12);1-2H,(H4,7,8,9);3*3-4H2,1-2H3;3H,1-2H2;1H2/t2*14-;;;;;;;/m00......./s1. The number of anilines is 8. The summed E-state index contributed by atoms with van der Waals surface area (Å²) >= 11 is 11.3. The van der Waals surface area contributed by atoms with Crippen LogP contribution in [-0.4, -0.2) is 174 Å². The van der Waals surface area contributed by atoms with Crippen molar-refractivity contribution < 1.29 is 84.7 Å². The number of sulfonamides is 2. The lowest BCUT2D eigenvalue weighted by Crippen LogP contribution is -2.41. The van der Waals surface area contributed by atoms with Gasteiger partial charge in [0.05, 0.1) is 27.0 Å². The molecule has 6 heterocycles. The van der Waals surface area contributed by atoms with Crippen LogP contribution in [0.2, 0.25) is 10.0 Å². The molecule has 0 radical (unpaired) electrons. The van der Waals surface area contributed by atoms with E-state index in [1.807, 2.05) is 89.2 Å². The summed E-state index contributed by atoms with van der Waals surface area (Å²) in [5.41, 5.74) is 25.9. The van der Waals surface area contributed by atoms with Crippen molar-refractivity contribution in [1.29, 1.82) is 0 Å². The van der Waals surface area contributed by atoms with Gasteiger partial charge in [-0.1, -0.05) is 40.9 Å². The average Bonchev–Trinajstić information content (AvgIpc) is 1.62. The Hall–Kier alpha value is -6.26. The number of amides is 4. The van der Waals surface area contributed by atoms with Crippen LogP contribution in [0.15, 0.2) is 72.8 Å². The fourth-order valence-electron chi connectivity index (χ4n) is 10.4. The maximum atomic E-state index is 12.6. The fraction of sp³-hybridized carbons (Fsp3) is 0.586. The smallest absolute Gasteiger partial charge is 0.399 e. The fourth-order valence-corrected chi connectivity index (χ4v) is 14.7. The Balaban J connectivity index is 0.000000367. The average molecular weight is 1700 g/mol. The molecule has 12 N–H and O–H groups in total. The number of aromatic nitrogens is 3. The van der Waals surface area contributed by atoms with E-state index >= 15 is 0 Å². The van der Waals surface area contributed by atoms with E-state index < -0.39 is 102 Å². The molecule has 40 heteroatoms. The number of halogens is 9. The first kappa shape index (κ1) is 97.9. The molecule has 0 spiro atoms. The molecule has 3 saturated carbocycles. The van der Waals surface area contributed by atoms with Gasteiger partial charge in [-0.2, -0.15) is 39.8 Å². The predicted octanol–water partition coefficient (Wildman–Crippen LogP) is 14.5. The summed E-state index contributed by atoms with van der Waals surface area (Å²) < 4.78 is 175. The van der Waals surface area contributed by atoms with Crippen LogP contribution in [-0.2, 0) is 52.6 Å². The van der Waals surface area contributed by atoms with Crippen molar-refractivity contribution in [2.24, 2.45) is 11.8 Å². The van der Waals surface area contributed by atoms with Crippen molar-refractivity contribution in [3.8, 4) is 11.1 Å². The maximum absolute atomic E-state index is 12.6. The lowest BCUT2D eigenvalue weighted by molar-refractivity contribution is -0.144. The number of carbonyl (C=O) groups excluding carboxylic acids is 2. The molecule has 0 unspecified atom stereocenters. The van der Waals surface area contributed by atoms with Crippen molar-refractivity contribution in [2.45, 2.75) is 187 Å². The topological polar surface area (TPSA) is 380 Å². The van der Waals surface area contributed by atoms with Crippen LogP contribution in [0.4, 0.5) is 82.2 Å². The van der Waals surface area contributed by atoms with Gasteiger partial charge in [-0.25, -0.2) is 49.8 Å². The largest absolute Gasteiger partial charge is 0.495 e. The number of likely N-dealkylation sites (tertiary alicyclic amines) is 2. The normalized spacial score (nSPS) is 17.6. The van der Waals surface area contributed by atoms with Crippen molar-refractivity contribution in [3.63, 3.8) is 0 Å². The first-order valence-electron chi connectivity index (χ1n) is 35.6. The molecule has 620 valence electrons. The zero-order valence-corrected chi connectivity index (χ0v) is 69.7. The molecule has 26 nitrogen and oxygen atoms in total. The minimum absolute atomic E-state index is 0. The number of hydrogen-bond donors (Lipinski definition) is 8. The summed E-state index contributed by atoms with van der Waals surface area (Å²) in [5.74, 6) is 0.162. The number of hydrogen-bond acceptors (Lipinski definition) is 20. The van der Waals surface area contributed by atoms with E-state index in [0.717, 1.165) is 69.1 Å². The third-order valence-electron chi connectivity index (χ3n) is 17.1. The van der Waals surface area contributed by atoms with E-state index in [1.165, 1.54) is 34.1 Å². The highest BCUT2D eigenvalue weighted by Gasteiger charge is 2.52. The van der Waals surface area contributed by atoms with Gasteiger partial charge in [0, 0.05) is 117 Å². The van der Waals surface area contributed by atoms with Crippen LogP contribution in [0, 0.1) is 25.7 Å². The van der Waals surface area contributed by atoms with Crippen LogP contribution in [0.25, 0.3) is 11.1 Å². The monoisotopic (exact) mass is 1700 g/mol. The van der Waals surface area contributed by atoms with Gasteiger partial charge in [-0.05, 0) is 223 Å². The molecule has 6 aliphatic rings. The third-order valence-corrected chi connectivity index (χ3v) is 23.2. The van der Waals surface area contributed by atoms with E-state index in [2.05, 4.69) is 35.0 Å². The number of benzene rings is 2. The predicted molar refractivity (Wildman–Crippen MR) is 432 cm³/mol. The number of aryl methyl sites for hydroxylation is 2. The molecule has 0 bridgehead atoms. The number of urea groups is 2. The lowest BCUT2D eigenvalue weighted by atomic mass is 9.76. The van der Waals surface area contributed by atoms with Crippen LogP contribution in [0.1, 0.15) is 145 Å². The SMILES string of the molecule is CCOCC.CCOCC.CCOCC.Cc1ccc(NC(=O)N2CC[C@@H](CC(F)(F)F)C2)cc1-c1cc(N)nc(NS(=O)(=O)C2CC2)c1.Cc1ccc(NC(=O)N2CC[C@@H](CC(F)(F)F)C2)cc1B1OC(C)(C)C(C)(C)O1.Nc1cc(Cl)cc(N)n1.Nc1cc(Cl)cc(NS(=O)(=O)C2CC2)n1.O=S(=O)(Cl)C1CC1.S. The van der Waals surface area contributed by atoms with Crippen LogP contribution in [0.3, 0.4) is 0 Å². The maximum Gasteiger partial charge on any atom is 0.495 e. The van der Waals surface area contributed by atoms with Gasteiger partial charge in [0.1, 0.15) is 34.9 Å². The van der Waals surface area contributed by atoms with E-state index in [4.69, 9.17) is 80.3 Å². The summed E-state index contributed by atoms with van der Waals surface area (Å²) in [6, 6.07) is 18.9. The second-order valence-corrected chi connectivity index (χ2v) is 34.7. The Bertz CT molecular complexity index is 4000. The van der Waals surface area contributed by atoms with Gasteiger partial charge in [-0.15, -0.1) is 0 Å². The highest BCUT2D eigenvalue weighted by atomic mass is 35.7. The lowest BCUT2D eigenvalue weighted by Gasteiger charge is -2.32. The molecule has 6 fully saturated rings. The number of nitrogens with one attached hydrogen (secondary N) is 4. The molecule has 4 amide bonds. The molecule has 5 aromatic rings. The molecular weight excluding hydrogens is 1590 g/mol. The number of carbonyl (C=O) groups is 2. The Morgan fingerprint density at radius 1 is 0.536 bits per heavy atom. The van der Waals surface area contributed by atoms with Crippen molar-refractivity contribution in [2.75, 3.05) is 109 Å². The van der Waals surface area contributed by atoms with E-state index in [-0.39, 0.29) is 66.9 Å². The second kappa shape index (κ2) is 44.4. The Labute approximate surface area is 665 Å². The summed E-state index contributed by atoms with van der Waals surface area (Å²) in [6.07, 6.45) is -5.41. The number of ether oxygens (including phenoxy) is 3. The Morgan fingerprint density at radius 3 is 1.23 bits per heavy atom. The molecule has 2 atom stereocenters. The summed E-state index contributed by atoms with van der Waals surface area (Å²) in [4.78, 5) is 39.6. The minimum atomic E-state index is -4.25. The zero-order valence-electron chi connectivity index (χ0n) is 64.0. The van der Waals surface area contributed by atoms with E-state index in [9.17, 15) is 61.2 Å². The molecule has 3 aliphatic heterocycles.